The van der Waals surface area contributed by atoms with Crippen molar-refractivity contribution in [1.82, 2.24) is 0 Å². The van der Waals surface area contributed by atoms with E-state index in [2.05, 4.69) is 31.6 Å². The van der Waals surface area contributed by atoms with Crippen molar-refractivity contribution in [3.63, 3.8) is 0 Å². The SMILES string of the molecule is CSC(C[C@]12CCC3(CC1=CC[C@@H]1C2=CC[C@@]2(C)[C@H]1CCC21OCCO1)OCCO3)SC. The van der Waals surface area contributed by atoms with Crippen LogP contribution in [0.15, 0.2) is 23.3 Å². The number of thioether (sulfide) groups is 2. The summed E-state index contributed by atoms with van der Waals surface area (Å²) in [6, 6.07) is 0. The van der Waals surface area contributed by atoms with Crippen molar-refractivity contribution in [2.24, 2.45) is 22.7 Å². The van der Waals surface area contributed by atoms with E-state index in [-0.39, 0.29) is 22.4 Å². The van der Waals surface area contributed by atoms with Gasteiger partial charge in [0.05, 0.1) is 31.0 Å². The lowest BCUT2D eigenvalue weighted by Gasteiger charge is -2.57. The van der Waals surface area contributed by atoms with E-state index in [0.29, 0.717) is 16.4 Å². The molecule has 0 aromatic heterocycles. The van der Waals surface area contributed by atoms with E-state index in [1.807, 2.05) is 23.5 Å². The Morgan fingerprint density at radius 1 is 0.969 bits per heavy atom. The fourth-order valence-electron chi connectivity index (χ4n) is 8.27. The number of rotatable bonds is 4. The van der Waals surface area contributed by atoms with Crippen molar-refractivity contribution in [1.29, 1.82) is 0 Å². The Bertz CT molecular complexity index is 809. The van der Waals surface area contributed by atoms with Crippen molar-refractivity contribution < 1.29 is 18.9 Å². The van der Waals surface area contributed by atoms with Gasteiger partial charge in [-0.25, -0.2) is 0 Å². The van der Waals surface area contributed by atoms with Crippen LogP contribution in [0, 0.1) is 22.7 Å². The second-order valence-electron chi connectivity index (χ2n) is 10.9. The first-order valence-electron chi connectivity index (χ1n) is 12.5. The molecule has 0 unspecified atom stereocenters. The zero-order chi connectivity index (χ0) is 22.0. The summed E-state index contributed by atoms with van der Waals surface area (Å²) in [5, 5.41) is 0. The molecule has 4 aliphatic carbocycles. The van der Waals surface area contributed by atoms with Gasteiger partial charge in [-0.15, -0.1) is 0 Å². The van der Waals surface area contributed by atoms with E-state index >= 15 is 0 Å². The summed E-state index contributed by atoms with van der Waals surface area (Å²) in [4.78, 5) is 0. The third kappa shape index (κ3) is 3.05. The molecular weight excluding hydrogens is 440 g/mol. The Kier molecular flexibility index (Phi) is 5.64. The minimum Gasteiger partial charge on any atom is -0.347 e. The molecule has 32 heavy (non-hydrogen) atoms. The van der Waals surface area contributed by atoms with Crippen molar-refractivity contribution in [3.8, 4) is 0 Å². The van der Waals surface area contributed by atoms with Crippen LogP contribution < -0.4 is 0 Å². The van der Waals surface area contributed by atoms with Crippen LogP contribution >= 0.6 is 23.5 Å². The predicted molar refractivity (Wildman–Crippen MR) is 131 cm³/mol. The maximum Gasteiger partial charge on any atom is 0.174 e. The summed E-state index contributed by atoms with van der Waals surface area (Å²) in [7, 11) is 0. The van der Waals surface area contributed by atoms with Gasteiger partial charge >= 0.3 is 0 Å². The Labute approximate surface area is 201 Å². The van der Waals surface area contributed by atoms with Gasteiger partial charge in [0.1, 0.15) is 0 Å². The van der Waals surface area contributed by atoms with E-state index < -0.39 is 0 Å². The number of allylic oxidation sites excluding steroid dienone is 3. The fraction of sp³-hybridized carbons (Fsp3) is 0.846. The van der Waals surface area contributed by atoms with Gasteiger partial charge in [-0.1, -0.05) is 30.2 Å². The molecule has 2 aliphatic heterocycles. The molecule has 0 aromatic rings. The molecule has 6 heteroatoms. The molecule has 4 nitrogen and oxygen atoms in total. The maximum absolute atomic E-state index is 6.34. The first kappa shape index (κ1) is 22.5. The van der Waals surface area contributed by atoms with E-state index in [0.717, 1.165) is 65.0 Å². The third-order valence-corrected chi connectivity index (χ3v) is 12.4. The van der Waals surface area contributed by atoms with Crippen LogP contribution in [0.3, 0.4) is 0 Å². The lowest BCUT2D eigenvalue weighted by molar-refractivity contribution is -0.228. The zero-order valence-electron chi connectivity index (χ0n) is 19.8. The largest absolute Gasteiger partial charge is 0.347 e. The summed E-state index contributed by atoms with van der Waals surface area (Å²) >= 11 is 4.03. The minimum absolute atomic E-state index is 0.0934. The van der Waals surface area contributed by atoms with E-state index in [9.17, 15) is 0 Å². The van der Waals surface area contributed by atoms with Crippen molar-refractivity contribution in [3.05, 3.63) is 23.3 Å². The van der Waals surface area contributed by atoms with E-state index in [1.165, 1.54) is 12.8 Å². The average molecular weight is 479 g/mol. The Morgan fingerprint density at radius 2 is 1.69 bits per heavy atom. The topological polar surface area (TPSA) is 36.9 Å². The molecule has 2 spiro atoms. The highest BCUT2D eigenvalue weighted by atomic mass is 32.2. The quantitative estimate of drug-likeness (QED) is 0.377. The third-order valence-electron chi connectivity index (χ3n) is 9.89. The first-order valence-corrected chi connectivity index (χ1v) is 15.1. The Hall–Kier alpha value is 0.0200. The molecule has 0 N–H and O–H groups in total. The normalized spacial score (nSPS) is 41.5. The predicted octanol–water partition coefficient (Wildman–Crippen LogP) is 5.78. The van der Waals surface area contributed by atoms with Gasteiger partial charge in [0, 0.05) is 30.1 Å². The molecule has 4 fully saturated rings. The summed E-state index contributed by atoms with van der Waals surface area (Å²) in [6.07, 6.45) is 18.7. The van der Waals surface area contributed by atoms with E-state index in [4.69, 9.17) is 18.9 Å². The minimum atomic E-state index is -0.358. The Balaban J connectivity index is 1.39. The average Bonchev–Trinajstić information content (AvgIpc) is 3.54. The molecule has 0 radical (unpaired) electrons. The summed E-state index contributed by atoms with van der Waals surface area (Å²) in [5.74, 6) is 0.559. The van der Waals surface area contributed by atoms with Crippen LogP contribution in [-0.2, 0) is 18.9 Å². The van der Waals surface area contributed by atoms with Crippen molar-refractivity contribution in [2.75, 3.05) is 38.9 Å². The highest BCUT2D eigenvalue weighted by Gasteiger charge is 2.65. The monoisotopic (exact) mass is 478 g/mol. The summed E-state index contributed by atoms with van der Waals surface area (Å²) in [6.45, 7) is 5.45. The van der Waals surface area contributed by atoms with Crippen LogP contribution in [0.1, 0.15) is 58.3 Å². The molecule has 0 amide bonds. The Morgan fingerprint density at radius 3 is 2.41 bits per heavy atom. The number of ether oxygens (including phenoxy) is 4. The molecule has 6 rings (SSSR count). The number of hydrogen-bond donors (Lipinski definition) is 0. The number of fused-ring (bicyclic) bond motifs is 6. The first-order chi connectivity index (χ1) is 15.5. The second-order valence-corrected chi connectivity index (χ2v) is 13.3. The van der Waals surface area contributed by atoms with Crippen molar-refractivity contribution >= 4 is 23.5 Å². The molecule has 0 bridgehead atoms. The van der Waals surface area contributed by atoms with Crippen LogP contribution in [0.2, 0.25) is 0 Å². The standard InChI is InChI=1S/C26H38O4S2/c1-23-8-6-21-19(20(23)7-9-26(23)29-14-15-30-26)5-4-18-16-25(27-12-13-28-25)11-10-24(18,21)17-22(31-2)32-3/h4,6,19-20,22H,5,7-17H2,1-3H3/t19-,20-,23-,24+/m0/s1. The molecular formula is C26H38O4S2. The van der Waals surface area contributed by atoms with Crippen LogP contribution in [0.25, 0.3) is 0 Å². The van der Waals surface area contributed by atoms with Crippen LogP contribution in [0.5, 0.6) is 0 Å². The summed E-state index contributed by atoms with van der Waals surface area (Å²) in [5.41, 5.74) is 3.62. The molecule has 0 aromatic carbocycles. The van der Waals surface area contributed by atoms with Gasteiger partial charge in [-0.05, 0) is 56.5 Å². The van der Waals surface area contributed by atoms with Crippen molar-refractivity contribution in [2.45, 2.75) is 74.4 Å². The van der Waals surface area contributed by atoms with Gasteiger partial charge in [-0.3, -0.25) is 0 Å². The van der Waals surface area contributed by atoms with Gasteiger partial charge in [0.25, 0.3) is 0 Å². The zero-order valence-corrected chi connectivity index (χ0v) is 21.5. The highest BCUT2D eigenvalue weighted by molar-refractivity contribution is 8.16. The maximum atomic E-state index is 6.34. The molecule has 2 saturated heterocycles. The lowest BCUT2D eigenvalue weighted by Crippen LogP contribution is -2.53. The van der Waals surface area contributed by atoms with E-state index in [1.54, 1.807) is 11.1 Å². The molecule has 2 saturated carbocycles. The molecule has 4 atom stereocenters. The number of hydrogen-bond acceptors (Lipinski definition) is 6. The molecule has 2 heterocycles. The van der Waals surface area contributed by atoms with Crippen LogP contribution in [-0.4, -0.2) is 55.1 Å². The molecule has 6 aliphatic rings. The summed E-state index contributed by atoms with van der Waals surface area (Å²) < 4.78 is 25.7. The fourth-order valence-corrected chi connectivity index (χ4v) is 9.94. The second kappa shape index (κ2) is 8.03. The van der Waals surface area contributed by atoms with Gasteiger partial charge in [0.15, 0.2) is 11.6 Å². The van der Waals surface area contributed by atoms with Gasteiger partial charge in [-0.2, -0.15) is 23.5 Å². The smallest absolute Gasteiger partial charge is 0.174 e. The van der Waals surface area contributed by atoms with Gasteiger partial charge < -0.3 is 18.9 Å². The highest BCUT2D eigenvalue weighted by Crippen LogP contribution is 2.68. The van der Waals surface area contributed by atoms with Gasteiger partial charge in [0.2, 0.25) is 0 Å². The lowest BCUT2D eigenvalue weighted by atomic mass is 9.50. The van der Waals surface area contributed by atoms with Crippen LogP contribution in [0.4, 0.5) is 0 Å². The molecule has 178 valence electrons.